The normalized spacial score (nSPS) is 23.0. The van der Waals surface area contributed by atoms with E-state index in [2.05, 4.69) is 4.72 Å². The van der Waals surface area contributed by atoms with Gasteiger partial charge in [-0.15, -0.1) is 0 Å². The van der Waals surface area contributed by atoms with Crippen LogP contribution in [-0.2, 0) is 15.4 Å². The summed E-state index contributed by atoms with van der Waals surface area (Å²) < 4.78 is 27.5. The lowest BCUT2D eigenvalue weighted by Crippen LogP contribution is -2.56. The third-order valence-electron chi connectivity index (χ3n) is 4.73. The summed E-state index contributed by atoms with van der Waals surface area (Å²) in [5.41, 5.74) is 6.71. The maximum atomic E-state index is 12.4. The minimum absolute atomic E-state index is 0.0167. The average Bonchev–Trinajstić information content (AvgIpc) is 2.58. The summed E-state index contributed by atoms with van der Waals surface area (Å²) in [6.45, 7) is 0.451. The molecule has 0 heterocycles. The molecule has 0 spiro atoms. The van der Waals surface area contributed by atoms with Crippen molar-refractivity contribution in [1.82, 2.24) is 4.72 Å². The van der Waals surface area contributed by atoms with Crippen molar-refractivity contribution in [3.05, 3.63) is 70.3 Å². The van der Waals surface area contributed by atoms with E-state index in [4.69, 9.17) is 5.73 Å². The molecule has 0 atom stereocenters. The highest BCUT2D eigenvalue weighted by Gasteiger charge is 2.45. The second-order valence-electron chi connectivity index (χ2n) is 6.33. The Morgan fingerprint density at radius 3 is 2.24 bits per heavy atom. The van der Waals surface area contributed by atoms with Crippen molar-refractivity contribution >= 4 is 15.7 Å². The maximum Gasteiger partial charge on any atom is 0.269 e. The first-order valence-corrected chi connectivity index (χ1v) is 9.37. The second kappa shape index (κ2) is 6.55. The van der Waals surface area contributed by atoms with Gasteiger partial charge in [-0.3, -0.25) is 10.1 Å². The van der Waals surface area contributed by atoms with Crippen LogP contribution in [0.25, 0.3) is 0 Å². The van der Waals surface area contributed by atoms with E-state index in [1.807, 2.05) is 30.3 Å². The molecule has 2 aromatic carbocycles. The summed E-state index contributed by atoms with van der Waals surface area (Å²) >= 11 is 0. The Labute approximate surface area is 146 Å². The Hall–Kier alpha value is -2.29. The fraction of sp³-hybridized carbons (Fsp3) is 0.294. The van der Waals surface area contributed by atoms with Crippen LogP contribution in [0, 0.1) is 10.1 Å². The van der Waals surface area contributed by atoms with Gasteiger partial charge in [0, 0.05) is 30.1 Å². The van der Waals surface area contributed by atoms with Crippen molar-refractivity contribution in [1.29, 1.82) is 0 Å². The highest BCUT2D eigenvalue weighted by atomic mass is 32.2. The lowest BCUT2D eigenvalue weighted by Gasteiger charge is -2.47. The van der Waals surface area contributed by atoms with E-state index in [0.717, 1.165) is 5.56 Å². The number of nitro benzene ring substituents is 1. The third-order valence-corrected chi connectivity index (χ3v) is 6.27. The van der Waals surface area contributed by atoms with E-state index in [0.29, 0.717) is 19.4 Å². The fourth-order valence-electron chi connectivity index (χ4n) is 3.31. The minimum Gasteiger partial charge on any atom is -0.330 e. The van der Waals surface area contributed by atoms with Crippen LogP contribution in [0.5, 0.6) is 0 Å². The number of hydrogen-bond donors (Lipinski definition) is 2. The van der Waals surface area contributed by atoms with E-state index < -0.39 is 14.9 Å². The van der Waals surface area contributed by atoms with Crippen LogP contribution in [0.4, 0.5) is 5.69 Å². The lowest BCUT2D eigenvalue weighted by molar-refractivity contribution is -0.384. The number of nitrogens with zero attached hydrogens (tertiary/aromatic N) is 1. The molecule has 0 saturated heterocycles. The molecule has 3 N–H and O–H groups in total. The molecular formula is C17H19N3O4S. The van der Waals surface area contributed by atoms with Gasteiger partial charge in [0.25, 0.3) is 5.69 Å². The van der Waals surface area contributed by atoms with Crippen LogP contribution in [0.2, 0.25) is 0 Å². The van der Waals surface area contributed by atoms with Gasteiger partial charge in [-0.1, -0.05) is 30.3 Å². The number of hydrogen-bond acceptors (Lipinski definition) is 5. The molecule has 1 saturated carbocycles. The van der Waals surface area contributed by atoms with Gasteiger partial charge in [-0.25, -0.2) is 13.1 Å². The molecular weight excluding hydrogens is 342 g/mol. The first kappa shape index (κ1) is 17.5. The van der Waals surface area contributed by atoms with Gasteiger partial charge in [0.1, 0.15) is 0 Å². The SMILES string of the molecule is NCC1(c2ccccc2)CC(NS(=O)(=O)c2ccc([N+](=O)[O-])cc2)C1. The van der Waals surface area contributed by atoms with Crippen molar-refractivity contribution in [2.75, 3.05) is 6.54 Å². The van der Waals surface area contributed by atoms with Crippen molar-refractivity contribution in [2.45, 2.75) is 29.2 Å². The fourth-order valence-corrected chi connectivity index (χ4v) is 4.55. The molecule has 1 fully saturated rings. The van der Waals surface area contributed by atoms with Gasteiger partial charge in [0.15, 0.2) is 0 Å². The minimum atomic E-state index is -3.72. The Bertz CT molecular complexity index is 861. The van der Waals surface area contributed by atoms with Gasteiger partial charge < -0.3 is 5.73 Å². The van der Waals surface area contributed by atoms with Crippen LogP contribution in [0.3, 0.4) is 0 Å². The summed E-state index contributed by atoms with van der Waals surface area (Å²) in [5, 5.41) is 10.7. The number of benzene rings is 2. The Morgan fingerprint density at radius 1 is 1.12 bits per heavy atom. The molecule has 0 aromatic heterocycles. The summed E-state index contributed by atoms with van der Waals surface area (Å²) in [7, 11) is -3.72. The highest BCUT2D eigenvalue weighted by molar-refractivity contribution is 7.89. The van der Waals surface area contributed by atoms with Gasteiger partial charge in [0.2, 0.25) is 10.0 Å². The second-order valence-corrected chi connectivity index (χ2v) is 8.04. The topological polar surface area (TPSA) is 115 Å². The zero-order chi connectivity index (χ0) is 18.1. The molecule has 3 rings (SSSR count). The van der Waals surface area contributed by atoms with Crippen molar-refractivity contribution in [3.8, 4) is 0 Å². The summed E-state index contributed by atoms with van der Waals surface area (Å²) in [5.74, 6) is 0. The van der Waals surface area contributed by atoms with Gasteiger partial charge >= 0.3 is 0 Å². The van der Waals surface area contributed by atoms with E-state index in [1.54, 1.807) is 0 Å². The van der Waals surface area contributed by atoms with E-state index in [-0.39, 0.29) is 22.0 Å². The summed E-state index contributed by atoms with van der Waals surface area (Å²) in [6.07, 6.45) is 1.25. The van der Waals surface area contributed by atoms with Gasteiger partial charge in [0.05, 0.1) is 9.82 Å². The van der Waals surface area contributed by atoms with E-state index in [9.17, 15) is 18.5 Å². The number of nitro groups is 1. The Balaban J connectivity index is 1.70. The maximum absolute atomic E-state index is 12.4. The van der Waals surface area contributed by atoms with E-state index >= 15 is 0 Å². The average molecular weight is 361 g/mol. The molecule has 25 heavy (non-hydrogen) atoms. The third kappa shape index (κ3) is 3.41. The number of rotatable bonds is 6. The van der Waals surface area contributed by atoms with Crippen LogP contribution in [0.15, 0.2) is 59.5 Å². The molecule has 1 aliphatic rings. The monoisotopic (exact) mass is 361 g/mol. The predicted octanol–water partition coefficient (Wildman–Crippen LogP) is 1.93. The molecule has 7 nitrogen and oxygen atoms in total. The van der Waals surface area contributed by atoms with E-state index in [1.165, 1.54) is 24.3 Å². The quantitative estimate of drug-likeness (QED) is 0.602. The summed E-state index contributed by atoms with van der Waals surface area (Å²) in [6, 6.07) is 14.5. The van der Waals surface area contributed by atoms with Crippen LogP contribution >= 0.6 is 0 Å². The Kier molecular flexibility index (Phi) is 4.59. The molecule has 0 amide bonds. The van der Waals surface area contributed by atoms with Crippen molar-refractivity contribution in [2.24, 2.45) is 5.73 Å². The molecule has 1 aliphatic carbocycles. The first-order valence-electron chi connectivity index (χ1n) is 7.89. The number of nitrogens with one attached hydrogen (secondary N) is 1. The number of sulfonamides is 1. The molecule has 0 radical (unpaired) electrons. The van der Waals surface area contributed by atoms with Crippen LogP contribution < -0.4 is 10.5 Å². The zero-order valence-corrected chi connectivity index (χ0v) is 14.3. The number of non-ortho nitro benzene ring substituents is 1. The molecule has 132 valence electrons. The highest BCUT2D eigenvalue weighted by Crippen LogP contribution is 2.43. The van der Waals surface area contributed by atoms with Gasteiger partial charge in [-0.2, -0.15) is 0 Å². The summed E-state index contributed by atoms with van der Waals surface area (Å²) in [4.78, 5) is 10.1. The van der Waals surface area contributed by atoms with Crippen LogP contribution in [0.1, 0.15) is 18.4 Å². The smallest absolute Gasteiger partial charge is 0.269 e. The number of nitrogens with two attached hydrogens (primary N) is 1. The molecule has 8 heteroatoms. The molecule has 2 aromatic rings. The lowest BCUT2D eigenvalue weighted by atomic mass is 9.62. The first-order chi connectivity index (χ1) is 11.9. The van der Waals surface area contributed by atoms with Gasteiger partial charge in [-0.05, 0) is 30.5 Å². The standard InChI is InChI=1S/C17H19N3O4S/c18-12-17(13-4-2-1-3-5-13)10-14(11-17)19-25(23,24)16-8-6-15(7-9-16)20(21)22/h1-9,14,19H,10-12,18H2. The molecule has 0 aliphatic heterocycles. The molecule has 0 unspecified atom stereocenters. The Morgan fingerprint density at radius 2 is 1.72 bits per heavy atom. The largest absolute Gasteiger partial charge is 0.330 e. The van der Waals surface area contributed by atoms with Crippen molar-refractivity contribution in [3.63, 3.8) is 0 Å². The zero-order valence-electron chi connectivity index (χ0n) is 13.5. The molecule has 0 bridgehead atoms. The van der Waals surface area contributed by atoms with Crippen molar-refractivity contribution < 1.29 is 13.3 Å². The van der Waals surface area contributed by atoms with Crippen LogP contribution in [-0.4, -0.2) is 25.9 Å². The predicted molar refractivity (Wildman–Crippen MR) is 93.6 cm³/mol.